The lowest BCUT2D eigenvalue weighted by atomic mass is 10.0. The van der Waals surface area contributed by atoms with E-state index in [1.165, 1.54) is 22.7 Å². The lowest BCUT2D eigenvalue weighted by Crippen LogP contribution is -2.16. The first kappa shape index (κ1) is 19.8. The Bertz CT molecular complexity index is 1140. The Kier molecular flexibility index (Phi) is 5.74. The van der Waals surface area contributed by atoms with Gasteiger partial charge in [0.2, 0.25) is 5.78 Å². The van der Waals surface area contributed by atoms with Crippen LogP contribution >= 0.6 is 0 Å². The molecule has 0 amide bonds. The Hall–Kier alpha value is -3.92. The summed E-state index contributed by atoms with van der Waals surface area (Å²) < 4.78 is 11.6. The van der Waals surface area contributed by atoms with Crippen LogP contribution in [-0.4, -0.2) is 35.3 Å². The standard InChI is InChI=1S/C22H18N2O5/c1-3-28-21(26)17-16-11-10-14(12-23)13-24(16)19(18(17)22(27)29-4-2)20(25)15-8-6-5-7-9-15/h5-11,13H,3-4H2,1-2H3. The van der Waals surface area contributed by atoms with Gasteiger partial charge in [-0.1, -0.05) is 30.3 Å². The SMILES string of the molecule is CCOC(=O)c1c(C(=O)OCC)c2ccc(C#N)cn2c1C(=O)c1ccccc1. The molecule has 0 spiro atoms. The largest absolute Gasteiger partial charge is 0.462 e. The molecule has 0 N–H and O–H groups in total. The molecule has 29 heavy (non-hydrogen) atoms. The number of pyridine rings is 1. The van der Waals surface area contributed by atoms with Gasteiger partial charge in [0, 0.05) is 11.8 Å². The molecule has 0 saturated carbocycles. The maximum atomic E-state index is 13.3. The van der Waals surface area contributed by atoms with Crippen molar-refractivity contribution in [2.75, 3.05) is 13.2 Å². The number of hydrogen-bond donors (Lipinski definition) is 0. The predicted molar refractivity (Wildman–Crippen MR) is 104 cm³/mol. The van der Waals surface area contributed by atoms with E-state index in [9.17, 15) is 19.6 Å². The van der Waals surface area contributed by atoms with E-state index in [1.807, 2.05) is 6.07 Å². The zero-order valence-electron chi connectivity index (χ0n) is 16.0. The predicted octanol–water partition coefficient (Wildman–Crippen LogP) is 3.40. The zero-order chi connectivity index (χ0) is 21.0. The highest BCUT2D eigenvalue weighted by Gasteiger charge is 2.33. The summed E-state index contributed by atoms with van der Waals surface area (Å²) in [5.74, 6) is -2.03. The van der Waals surface area contributed by atoms with Crippen LogP contribution < -0.4 is 0 Å². The molecule has 146 valence electrons. The maximum absolute atomic E-state index is 13.3. The van der Waals surface area contributed by atoms with Crippen LogP contribution in [0.25, 0.3) is 5.52 Å². The fourth-order valence-electron chi connectivity index (χ4n) is 3.08. The number of ether oxygens (including phenoxy) is 2. The molecular weight excluding hydrogens is 372 g/mol. The second-order valence-electron chi connectivity index (χ2n) is 6.02. The molecule has 0 saturated heterocycles. The fourth-order valence-corrected chi connectivity index (χ4v) is 3.08. The van der Waals surface area contributed by atoms with Gasteiger partial charge in [0.25, 0.3) is 0 Å². The average molecular weight is 390 g/mol. The normalized spacial score (nSPS) is 10.4. The van der Waals surface area contributed by atoms with Gasteiger partial charge >= 0.3 is 11.9 Å². The number of nitriles is 1. The van der Waals surface area contributed by atoms with Gasteiger partial charge in [-0.05, 0) is 26.0 Å². The minimum Gasteiger partial charge on any atom is -0.462 e. The van der Waals surface area contributed by atoms with Crippen molar-refractivity contribution >= 4 is 23.2 Å². The van der Waals surface area contributed by atoms with Crippen molar-refractivity contribution in [1.29, 1.82) is 5.26 Å². The van der Waals surface area contributed by atoms with Gasteiger partial charge in [0.05, 0.1) is 24.3 Å². The fraction of sp³-hybridized carbons (Fsp3) is 0.182. The lowest BCUT2D eigenvalue weighted by molar-refractivity contribution is 0.0480. The molecule has 0 aliphatic rings. The quantitative estimate of drug-likeness (QED) is 0.473. The summed E-state index contributed by atoms with van der Waals surface area (Å²) in [4.78, 5) is 38.8. The number of fused-ring (bicyclic) bond motifs is 1. The smallest absolute Gasteiger partial charge is 0.341 e. The van der Waals surface area contributed by atoms with Gasteiger partial charge in [-0.2, -0.15) is 5.26 Å². The summed E-state index contributed by atoms with van der Waals surface area (Å²) in [5.41, 5.74) is 0.591. The lowest BCUT2D eigenvalue weighted by Gasteiger charge is -2.07. The summed E-state index contributed by atoms with van der Waals surface area (Å²) in [5, 5.41) is 9.28. The minimum atomic E-state index is -0.808. The van der Waals surface area contributed by atoms with Crippen molar-refractivity contribution in [2.24, 2.45) is 0 Å². The molecule has 2 heterocycles. The van der Waals surface area contributed by atoms with E-state index in [0.717, 1.165) is 0 Å². The molecule has 7 nitrogen and oxygen atoms in total. The summed E-state index contributed by atoms with van der Waals surface area (Å²) in [6.45, 7) is 3.43. The summed E-state index contributed by atoms with van der Waals surface area (Å²) in [6, 6.07) is 13.4. The highest BCUT2D eigenvalue weighted by atomic mass is 16.5. The van der Waals surface area contributed by atoms with Crippen LogP contribution in [0.4, 0.5) is 0 Å². The van der Waals surface area contributed by atoms with Crippen LogP contribution in [-0.2, 0) is 9.47 Å². The number of hydrogen-bond acceptors (Lipinski definition) is 6. The van der Waals surface area contributed by atoms with Gasteiger partial charge in [-0.3, -0.25) is 4.79 Å². The first-order valence-corrected chi connectivity index (χ1v) is 9.05. The van der Waals surface area contributed by atoms with Gasteiger partial charge < -0.3 is 13.9 Å². The van der Waals surface area contributed by atoms with E-state index in [-0.39, 0.29) is 41.1 Å². The molecule has 0 radical (unpaired) electrons. The summed E-state index contributed by atoms with van der Waals surface area (Å²) in [6.07, 6.45) is 1.41. The molecule has 2 aromatic heterocycles. The van der Waals surface area contributed by atoms with Crippen LogP contribution in [0.3, 0.4) is 0 Å². The van der Waals surface area contributed by atoms with E-state index < -0.39 is 17.7 Å². The average Bonchev–Trinajstić information content (AvgIpc) is 3.08. The maximum Gasteiger partial charge on any atom is 0.341 e. The van der Waals surface area contributed by atoms with Crippen molar-refractivity contribution in [3.05, 3.63) is 76.6 Å². The van der Waals surface area contributed by atoms with E-state index in [2.05, 4.69) is 0 Å². The number of nitrogens with zero attached hydrogens (tertiary/aromatic N) is 2. The number of ketones is 1. The van der Waals surface area contributed by atoms with Gasteiger partial charge in [0.15, 0.2) is 0 Å². The van der Waals surface area contributed by atoms with Gasteiger partial charge in [0.1, 0.15) is 22.9 Å². The van der Waals surface area contributed by atoms with Gasteiger partial charge in [-0.15, -0.1) is 0 Å². The van der Waals surface area contributed by atoms with E-state index in [0.29, 0.717) is 5.56 Å². The number of rotatable bonds is 6. The molecule has 0 fully saturated rings. The minimum absolute atomic E-state index is 0.0511. The van der Waals surface area contributed by atoms with E-state index >= 15 is 0 Å². The van der Waals surface area contributed by atoms with Crippen LogP contribution in [0.5, 0.6) is 0 Å². The third-order valence-electron chi connectivity index (χ3n) is 4.27. The van der Waals surface area contributed by atoms with Crippen molar-refractivity contribution in [3.8, 4) is 6.07 Å². The number of esters is 2. The van der Waals surface area contributed by atoms with Crippen LogP contribution in [0, 0.1) is 11.3 Å². The zero-order valence-corrected chi connectivity index (χ0v) is 16.0. The number of aromatic nitrogens is 1. The third kappa shape index (κ3) is 3.60. The summed E-state index contributed by atoms with van der Waals surface area (Å²) >= 11 is 0. The summed E-state index contributed by atoms with van der Waals surface area (Å²) in [7, 11) is 0. The molecule has 0 aliphatic carbocycles. The van der Waals surface area contributed by atoms with Crippen molar-refractivity contribution in [2.45, 2.75) is 13.8 Å². The molecule has 7 heteroatoms. The molecule has 1 aromatic carbocycles. The first-order chi connectivity index (χ1) is 14.0. The van der Waals surface area contributed by atoms with Crippen molar-refractivity contribution in [3.63, 3.8) is 0 Å². The molecule has 3 rings (SSSR count). The Balaban J connectivity index is 2.41. The first-order valence-electron chi connectivity index (χ1n) is 9.05. The number of carbonyl (C=O) groups excluding carboxylic acids is 3. The second kappa shape index (κ2) is 8.40. The van der Waals surface area contributed by atoms with E-state index in [4.69, 9.17) is 9.47 Å². The molecule has 0 bridgehead atoms. The second-order valence-corrected chi connectivity index (χ2v) is 6.02. The van der Waals surface area contributed by atoms with Crippen molar-refractivity contribution in [1.82, 2.24) is 4.40 Å². The molecule has 0 unspecified atom stereocenters. The third-order valence-corrected chi connectivity index (χ3v) is 4.27. The molecule has 0 aliphatic heterocycles. The van der Waals surface area contributed by atoms with E-state index in [1.54, 1.807) is 44.2 Å². The monoisotopic (exact) mass is 390 g/mol. The van der Waals surface area contributed by atoms with Crippen molar-refractivity contribution < 1.29 is 23.9 Å². The highest BCUT2D eigenvalue weighted by Crippen LogP contribution is 2.28. The topological polar surface area (TPSA) is 97.9 Å². The number of benzene rings is 1. The molecule has 0 atom stereocenters. The van der Waals surface area contributed by atoms with Crippen LogP contribution in [0.1, 0.15) is 56.2 Å². The van der Waals surface area contributed by atoms with Gasteiger partial charge in [-0.25, -0.2) is 9.59 Å². The highest BCUT2D eigenvalue weighted by molar-refractivity contribution is 6.19. The Labute approximate surface area is 167 Å². The number of carbonyl (C=O) groups is 3. The van der Waals surface area contributed by atoms with Crippen LogP contribution in [0.2, 0.25) is 0 Å². The molecular formula is C22H18N2O5. The Morgan fingerprint density at radius 2 is 1.55 bits per heavy atom. The molecule has 3 aromatic rings. The Morgan fingerprint density at radius 3 is 2.14 bits per heavy atom. The van der Waals surface area contributed by atoms with Crippen LogP contribution in [0.15, 0.2) is 48.7 Å². The Morgan fingerprint density at radius 1 is 0.931 bits per heavy atom.